The fraction of sp³-hybridized carbons (Fsp3) is 0.0909. The molecule has 31 heavy (non-hydrogen) atoms. The van der Waals surface area contributed by atoms with Crippen molar-refractivity contribution in [1.29, 1.82) is 0 Å². The largest absolute Gasteiger partial charge is 0.462 e. The highest BCUT2D eigenvalue weighted by atomic mass is 35.5. The molecule has 0 radical (unpaired) electrons. The molecule has 0 aliphatic rings. The molecular formula is C22H17ClN4O3S. The van der Waals surface area contributed by atoms with E-state index < -0.39 is 5.97 Å². The number of anilines is 2. The van der Waals surface area contributed by atoms with Crippen LogP contribution in [0.3, 0.4) is 0 Å². The van der Waals surface area contributed by atoms with E-state index in [1.54, 1.807) is 43.5 Å². The Kier molecular flexibility index (Phi) is 6.40. The van der Waals surface area contributed by atoms with Gasteiger partial charge < -0.3 is 14.8 Å². The van der Waals surface area contributed by atoms with E-state index >= 15 is 0 Å². The highest BCUT2D eigenvalue weighted by Crippen LogP contribution is 2.33. The van der Waals surface area contributed by atoms with E-state index in [2.05, 4.69) is 20.5 Å². The van der Waals surface area contributed by atoms with Crippen molar-refractivity contribution in [3.8, 4) is 22.2 Å². The van der Waals surface area contributed by atoms with Crippen molar-refractivity contribution >= 4 is 39.7 Å². The number of halogens is 1. The molecule has 0 bridgehead atoms. The van der Waals surface area contributed by atoms with Gasteiger partial charge in [-0.2, -0.15) is 0 Å². The lowest BCUT2D eigenvalue weighted by Gasteiger charge is -2.10. The Balaban J connectivity index is 1.53. The molecule has 0 fully saturated rings. The molecule has 0 atom stereocenters. The number of carbonyl (C=O) groups excluding carboxylic acids is 1. The molecule has 2 aromatic carbocycles. The van der Waals surface area contributed by atoms with Crippen LogP contribution < -0.4 is 10.1 Å². The Hall–Kier alpha value is -3.49. The van der Waals surface area contributed by atoms with E-state index in [1.165, 1.54) is 11.3 Å². The summed E-state index contributed by atoms with van der Waals surface area (Å²) in [5, 5.41) is 13.6. The van der Waals surface area contributed by atoms with Gasteiger partial charge in [-0.3, -0.25) is 0 Å². The lowest BCUT2D eigenvalue weighted by Crippen LogP contribution is -2.04. The van der Waals surface area contributed by atoms with Crippen molar-refractivity contribution < 1.29 is 14.3 Å². The van der Waals surface area contributed by atoms with Crippen LogP contribution in [0.2, 0.25) is 5.02 Å². The molecule has 9 heteroatoms. The minimum absolute atomic E-state index is 0.304. The van der Waals surface area contributed by atoms with Crippen molar-refractivity contribution in [2.75, 3.05) is 11.9 Å². The smallest absolute Gasteiger partial charge is 0.338 e. The van der Waals surface area contributed by atoms with Crippen LogP contribution in [0.4, 0.5) is 10.8 Å². The zero-order chi connectivity index (χ0) is 21.6. The summed E-state index contributed by atoms with van der Waals surface area (Å²) < 4.78 is 11.0. The third-order valence-electron chi connectivity index (χ3n) is 4.09. The standard InChI is InChI=1S/C22H17ClN4O3S/c1-2-29-21(28)15-5-3-6-17(13-15)30-19-18(7-4-12-24-19)25-22-27-26-20(31-22)14-8-10-16(23)11-9-14/h3-13H,2H2,1H3,(H,25,27). The van der Waals surface area contributed by atoms with Gasteiger partial charge in [0.1, 0.15) is 16.4 Å². The first kappa shape index (κ1) is 20.8. The molecule has 1 N–H and O–H groups in total. The number of rotatable bonds is 7. The van der Waals surface area contributed by atoms with Gasteiger partial charge >= 0.3 is 5.97 Å². The third kappa shape index (κ3) is 5.17. The van der Waals surface area contributed by atoms with Crippen LogP contribution in [-0.4, -0.2) is 27.8 Å². The predicted molar refractivity (Wildman–Crippen MR) is 120 cm³/mol. The van der Waals surface area contributed by atoms with Gasteiger partial charge in [0.25, 0.3) is 0 Å². The van der Waals surface area contributed by atoms with E-state index in [-0.39, 0.29) is 0 Å². The van der Waals surface area contributed by atoms with E-state index in [1.807, 2.05) is 30.3 Å². The highest BCUT2D eigenvalue weighted by molar-refractivity contribution is 7.18. The summed E-state index contributed by atoms with van der Waals surface area (Å²) in [6, 6.07) is 17.7. The molecule has 4 rings (SSSR count). The molecular weight excluding hydrogens is 436 g/mol. The minimum Gasteiger partial charge on any atom is -0.462 e. The van der Waals surface area contributed by atoms with Crippen molar-refractivity contribution in [2.24, 2.45) is 0 Å². The third-order valence-corrected chi connectivity index (χ3v) is 5.23. The van der Waals surface area contributed by atoms with Gasteiger partial charge in [-0.25, -0.2) is 9.78 Å². The van der Waals surface area contributed by atoms with Gasteiger partial charge in [-0.1, -0.05) is 41.1 Å². The SMILES string of the molecule is CCOC(=O)c1cccc(Oc2ncccc2Nc2nnc(-c3ccc(Cl)cc3)s2)c1. The number of hydrogen-bond donors (Lipinski definition) is 1. The Labute approximate surface area is 187 Å². The van der Waals surface area contributed by atoms with E-state index in [4.69, 9.17) is 21.1 Å². The highest BCUT2D eigenvalue weighted by Gasteiger charge is 2.13. The summed E-state index contributed by atoms with van der Waals surface area (Å²) in [6.07, 6.45) is 1.62. The molecule has 0 amide bonds. The van der Waals surface area contributed by atoms with E-state index in [9.17, 15) is 4.79 Å². The van der Waals surface area contributed by atoms with Gasteiger partial charge in [0, 0.05) is 16.8 Å². The monoisotopic (exact) mass is 452 g/mol. The average Bonchev–Trinajstić information content (AvgIpc) is 3.24. The molecule has 0 saturated carbocycles. The lowest BCUT2D eigenvalue weighted by atomic mass is 10.2. The second-order valence-corrected chi connectivity index (χ2v) is 7.66. The average molecular weight is 453 g/mol. The number of pyridine rings is 1. The second kappa shape index (κ2) is 9.55. The van der Waals surface area contributed by atoms with Crippen molar-refractivity contribution in [1.82, 2.24) is 15.2 Å². The van der Waals surface area contributed by atoms with E-state index in [0.717, 1.165) is 10.6 Å². The maximum atomic E-state index is 12.0. The summed E-state index contributed by atoms with van der Waals surface area (Å²) in [7, 11) is 0. The molecule has 0 aliphatic carbocycles. The Morgan fingerprint density at radius 1 is 1.10 bits per heavy atom. The summed E-state index contributed by atoms with van der Waals surface area (Å²) in [6.45, 7) is 2.06. The molecule has 0 spiro atoms. The Morgan fingerprint density at radius 2 is 1.94 bits per heavy atom. The quantitative estimate of drug-likeness (QED) is 0.346. The zero-order valence-corrected chi connectivity index (χ0v) is 18.0. The van der Waals surface area contributed by atoms with Gasteiger partial charge in [-0.05, 0) is 49.4 Å². The number of benzene rings is 2. The van der Waals surface area contributed by atoms with Crippen LogP contribution >= 0.6 is 22.9 Å². The van der Waals surface area contributed by atoms with Crippen molar-refractivity contribution in [3.05, 3.63) is 77.4 Å². The summed E-state index contributed by atoms with van der Waals surface area (Å²) in [5.74, 6) is 0.397. The van der Waals surface area contributed by atoms with Crippen LogP contribution in [0.15, 0.2) is 66.9 Å². The van der Waals surface area contributed by atoms with Crippen LogP contribution in [0.5, 0.6) is 11.6 Å². The predicted octanol–water partition coefficient (Wildman–Crippen LogP) is 5.97. The van der Waals surface area contributed by atoms with Crippen LogP contribution in [-0.2, 0) is 4.74 Å². The molecule has 2 aromatic heterocycles. The summed E-state index contributed by atoms with van der Waals surface area (Å²) in [5.41, 5.74) is 1.94. The van der Waals surface area contributed by atoms with Gasteiger partial charge in [0.05, 0.1) is 12.2 Å². The summed E-state index contributed by atoms with van der Waals surface area (Å²) in [4.78, 5) is 16.3. The molecule has 0 unspecified atom stereocenters. The van der Waals surface area contributed by atoms with Crippen molar-refractivity contribution in [3.63, 3.8) is 0 Å². The van der Waals surface area contributed by atoms with Crippen LogP contribution in [0.1, 0.15) is 17.3 Å². The number of aromatic nitrogens is 3. The number of esters is 1. The van der Waals surface area contributed by atoms with Crippen molar-refractivity contribution in [2.45, 2.75) is 6.92 Å². The Morgan fingerprint density at radius 3 is 2.74 bits per heavy atom. The maximum Gasteiger partial charge on any atom is 0.338 e. The van der Waals surface area contributed by atoms with Crippen LogP contribution in [0.25, 0.3) is 10.6 Å². The number of nitrogens with zero attached hydrogens (tertiary/aromatic N) is 3. The summed E-state index contributed by atoms with van der Waals surface area (Å²) >= 11 is 7.34. The fourth-order valence-electron chi connectivity index (χ4n) is 2.68. The normalized spacial score (nSPS) is 10.5. The van der Waals surface area contributed by atoms with Gasteiger partial charge in [0.2, 0.25) is 11.0 Å². The minimum atomic E-state index is -0.407. The van der Waals surface area contributed by atoms with Gasteiger partial charge in [0.15, 0.2) is 0 Å². The molecule has 0 saturated heterocycles. The number of ether oxygens (including phenoxy) is 2. The zero-order valence-electron chi connectivity index (χ0n) is 16.4. The Bertz CT molecular complexity index is 1200. The first-order valence-corrected chi connectivity index (χ1v) is 10.6. The van der Waals surface area contributed by atoms with Gasteiger partial charge in [-0.15, -0.1) is 10.2 Å². The van der Waals surface area contributed by atoms with E-state index in [0.29, 0.717) is 39.6 Å². The molecule has 156 valence electrons. The fourth-order valence-corrected chi connectivity index (χ4v) is 3.57. The molecule has 7 nitrogen and oxygen atoms in total. The first-order chi connectivity index (χ1) is 15.1. The lowest BCUT2D eigenvalue weighted by molar-refractivity contribution is 0.0526. The molecule has 0 aliphatic heterocycles. The topological polar surface area (TPSA) is 86.2 Å². The number of hydrogen-bond acceptors (Lipinski definition) is 8. The van der Waals surface area contributed by atoms with Crippen LogP contribution in [0, 0.1) is 0 Å². The second-order valence-electron chi connectivity index (χ2n) is 6.25. The number of nitrogens with one attached hydrogen (secondary N) is 1. The first-order valence-electron chi connectivity index (χ1n) is 9.39. The maximum absolute atomic E-state index is 12.0. The molecule has 4 aromatic rings. The molecule has 2 heterocycles. The number of carbonyl (C=O) groups is 1.